The molecule has 0 aromatic heterocycles. The number of nitrogens with one attached hydrogen (secondary N) is 1. The van der Waals surface area contributed by atoms with Gasteiger partial charge in [-0.2, -0.15) is 0 Å². The molecule has 0 bridgehead atoms. The normalized spacial score (nSPS) is 15.6. The van der Waals surface area contributed by atoms with Crippen molar-refractivity contribution in [1.29, 1.82) is 0 Å². The number of thioether (sulfide) groups is 1. The van der Waals surface area contributed by atoms with Gasteiger partial charge in [-0.05, 0) is 29.8 Å². The van der Waals surface area contributed by atoms with Crippen molar-refractivity contribution >= 4 is 29.0 Å². The average Bonchev–Trinajstić information content (AvgIpc) is 2.77. The summed E-state index contributed by atoms with van der Waals surface area (Å²) in [5.41, 5.74) is 2.93. The molecule has 142 valence electrons. The van der Waals surface area contributed by atoms with Crippen LogP contribution in [0.5, 0.6) is 5.75 Å². The molecule has 0 aliphatic carbocycles. The first-order valence-corrected chi connectivity index (χ1v) is 10.2. The van der Waals surface area contributed by atoms with Gasteiger partial charge in [-0.3, -0.25) is 4.79 Å². The fraction of sp³-hybridized carbons (Fsp3) is 0.174. The van der Waals surface area contributed by atoms with Gasteiger partial charge in [0.1, 0.15) is 5.75 Å². The van der Waals surface area contributed by atoms with Crippen molar-refractivity contribution in [3.63, 3.8) is 0 Å². The van der Waals surface area contributed by atoms with Crippen LogP contribution >= 0.6 is 11.8 Å². The Hall–Kier alpha value is -2.92. The molecule has 3 aromatic carbocycles. The van der Waals surface area contributed by atoms with E-state index < -0.39 is 0 Å². The number of para-hydroxylation sites is 3. The summed E-state index contributed by atoms with van der Waals surface area (Å²) in [5.74, 6) is 1.60. The van der Waals surface area contributed by atoms with E-state index in [0.29, 0.717) is 0 Å². The molecule has 28 heavy (non-hydrogen) atoms. The Labute approximate surface area is 169 Å². The van der Waals surface area contributed by atoms with E-state index in [1.165, 1.54) is 0 Å². The van der Waals surface area contributed by atoms with Crippen LogP contribution in [-0.2, 0) is 4.79 Å². The summed E-state index contributed by atoms with van der Waals surface area (Å²) in [6.07, 6.45) is 0. The van der Waals surface area contributed by atoms with Crippen molar-refractivity contribution in [2.75, 3.05) is 29.6 Å². The highest BCUT2D eigenvalue weighted by Crippen LogP contribution is 2.43. The number of anilines is 2. The van der Waals surface area contributed by atoms with Crippen LogP contribution in [0.3, 0.4) is 0 Å². The molecule has 1 aliphatic rings. The molecule has 0 saturated heterocycles. The minimum absolute atomic E-state index is 0.00747. The molecule has 0 radical (unpaired) electrons. The lowest BCUT2D eigenvalue weighted by molar-refractivity contribution is -0.117. The summed E-state index contributed by atoms with van der Waals surface area (Å²) in [6, 6.07) is 26.0. The lowest BCUT2D eigenvalue weighted by Gasteiger charge is -2.37. The van der Waals surface area contributed by atoms with Gasteiger partial charge in [0, 0.05) is 10.6 Å². The largest absolute Gasteiger partial charge is 0.495 e. The van der Waals surface area contributed by atoms with Gasteiger partial charge in [-0.15, -0.1) is 11.8 Å². The molecule has 4 nitrogen and oxygen atoms in total. The van der Waals surface area contributed by atoms with E-state index in [1.54, 1.807) is 18.9 Å². The Morgan fingerprint density at radius 2 is 1.75 bits per heavy atom. The Morgan fingerprint density at radius 1 is 1.04 bits per heavy atom. The van der Waals surface area contributed by atoms with E-state index in [0.717, 1.165) is 33.3 Å². The van der Waals surface area contributed by atoms with Gasteiger partial charge in [-0.1, -0.05) is 54.6 Å². The summed E-state index contributed by atoms with van der Waals surface area (Å²) in [5, 5.41) is 3.24. The minimum Gasteiger partial charge on any atom is -0.495 e. The van der Waals surface area contributed by atoms with Crippen molar-refractivity contribution in [3.8, 4) is 5.75 Å². The van der Waals surface area contributed by atoms with E-state index in [2.05, 4.69) is 23.5 Å². The second-order valence-corrected chi connectivity index (χ2v) is 7.58. The molecule has 1 amide bonds. The number of rotatable bonds is 5. The highest BCUT2D eigenvalue weighted by atomic mass is 32.2. The zero-order chi connectivity index (χ0) is 19.3. The number of nitrogens with zero attached hydrogens (tertiary/aromatic N) is 1. The lowest BCUT2D eigenvalue weighted by atomic mass is 10.1. The number of ether oxygens (including phenoxy) is 1. The first-order valence-electron chi connectivity index (χ1n) is 9.23. The summed E-state index contributed by atoms with van der Waals surface area (Å²) in [6.45, 7) is 0.197. The Morgan fingerprint density at radius 3 is 2.57 bits per heavy atom. The van der Waals surface area contributed by atoms with Crippen LogP contribution in [0.2, 0.25) is 0 Å². The zero-order valence-corrected chi connectivity index (χ0v) is 16.5. The third-order valence-electron chi connectivity index (χ3n) is 4.82. The molecule has 5 heteroatoms. The van der Waals surface area contributed by atoms with Crippen LogP contribution in [0.25, 0.3) is 0 Å². The molecule has 1 N–H and O–H groups in total. The molecule has 1 aliphatic heterocycles. The summed E-state index contributed by atoms with van der Waals surface area (Å²) in [4.78, 5) is 16.4. The molecule has 0 spiro atoms. The molecule has 0 unspecified atom stereocenters. The second-order valence-electron chi connectivity index (χ2n) is 6.52. The smallest absolute Gasteiger partial charge is 0.246 e. The maximum Gasteiger partial charge on any atom is 0.246 e. The van der Waals surface area contributed by atoms with Gasteiger partial charge in [0.05, 0.1) is 31.1 Å². The molecule has 0 saturated carbocycles. The molecular weight excluding hydrogens is 368 g/mol. The van der Waals surface area contributed by atoms with E-state index in [9.17, 15) is 4.79 Å². The van der Waals surface area contributed by atoms with Crippen molar-refractivity contribution in [3.05, 3.63) is 84.4 Å². The van der Waals surface area contributed by atoms with Crippen molar-refractivity contribution in [2.45, 2.75) is 10.9 Å². The predicted octanol–water partition coefficient (Wildman–Crippen LogP) is 4.99. The molecule has 4 rings (SSSR count). The quantitative estimate of drug-likeness (QED) is 0.667. The number of amides is 1. The van der Waals surface area contributed by atoms with E-state index >= 15 is 0 Å². The zero-order valence-electron chi connectivity index (χ0n) is 15.7. The van der Waals surface area contributed by atoms with E-state index in [-0.39, 0.29) is 18.5 Å². The summed E-state index contributed by atoms with van der Waals surface area (Å²) >= 11 is 1.80. The fourth-order valence-corrected chi connectivity index (χ4v) is 4.63. The van der Waals surface area contributed by atoms with Crippen molar-refractivity contribution < 1.29 is 9.53 Å². The number of methoxy groups -OCH3 is 1. The van der Waals surface area contributed by atoms with E-state index in [4.69, 9.17) is 4.74 Å². The standard InChI is InChI=1S/C23H22N2O2S/c1-27-21-13-7-5-11-18(21)24-15-23(26)25-19-12-6-8-14-22(19)28-16-20(25)17-9-3-2-4-10-17/h2-14,20,24H,15-16H2,1H3/t20-/m0/s1. The average molecular weight is 391 g/mol. The first-order chi connectivity index (χ1) is 13.8. The van der Waals surface area contributed by atoms with Gasteiger partial charge in [-0.25, -0.2) is 0 Å². The van der Waals surface area contributed by atoms with Crippen LogP contribution < -0.4 is 15.0 Å². The number of benzene rings is 3. The molecular formula is C23H22N2O2S. The van der Waals surface area contributed by atoms with Crippen molar-refractivity contribution in [2.24, 2.45) is 0 Å². The summed E-state index contributed by atoms with van der Waals surface area (Å²) in [7, 11) is 1.63. The van der Waals surface area contributed by atoms with Crippen LogP contribution in [0.4, 0.5) is 11.4 Å². The third kappa shape index (κ3) is 3.71. The van der Waals surface area contributed by atoms with Crippen LogP contribution in [0.1, 0.15) is 11.6 Å². The SMILES string of the molecule is COc1ccccc1NCC(=O)N1c2ccccc2SC[C@H]1c1ccccc1. The number of hydrogen-bond donors (Lipinski definition) is 1. The van der Waals surface area contributed by atoms with Crippen LogP contribution in [0, 0.1) is 0 Å². The Kier molecular flexibility index (Phi) is 5.53. The Bertz CT molecular complexity index is 962. The molecule has 1 heterocycles. The van der Waals surface area contributed by atoms with Gasteiger partial charge < -0.3 is 15.0 Å². The third-order valence-corrected chi connectivity index (χ3v) is 5.96. The molecule has 1 atom stereocenters. The monoisotopic (exact) mass is 390 g/mol. The molecule has 0 fully saturated rings. The first kappa shape index (κ1) is 18.4. The topological polar surface area (TPSA) is 41.6 Å². The molecule has 3 aromatic rings. The summed E-state index contributed by atoms with van der Waals surface area (Å²) < 4.78 is 5.38. The fourth-order valence-electron chi connectivity index (χ4n) is 3.46. The predicted molar refractivity (Wildman–Crippen MR) is 115 cm³/mol. The minimum atomic E-state index is 0.00747. The van der Waals surface area contributed by atoms with Crippen LogP contribution in [0.15, 0.2) is 83.8 Å². The van der Waals surface area contributed by atoms with Crippen molar-refractivity contribution in [1.82, 2.24) is 0 Å². The highest BCUT2D eigenvalue weighted by molar-refractivity contribution is 7.99. The maximum atomic E-state index is 13.3. The number of fused-ring (bicyclic) bond motifs is 1. The van der Waals surface area contributed by atoms with Gasteiger partial charge >= 0.3 is 0 Å². The van der Waals surface area contributed by atoms with E-state index in [1.807, 2.05) is 65.6 Å². The Balaban J connectivity index is 1.62. The lowest BCUT2D eigenvalue weighted by Crippen LogP contribution is -2.41. The maximum absolute atomic E-state index is 13.3. The van der Waals surface area contributed by atoms with Crippen LogP contribution in [-0.4, -0.2) is 25.3 Å². The van der Waals surface area contributed by atoms with Gasteiger partial charge in [0.25, 0.3) is 0 Å². The second kappa shape index (κ2) is 8.40. The highest BCUT2D eigenvalue weighted by Gasteiger charge is 2.32. The van der Waals surface area contributed by atoms with Gasteiger partial charge in [0.2, 0.25) is 5.91 Å². The number of carbonyl (C=O) groups is 1. The number of hydrogen-bond acceptors (Lipinski definition) is 4. The number of carbonyl (C=O) groups excluding carboxylic acids is 1. The van der Waals surface area contributed by atoms with Gasteiger partial charge in [0.15, 0.2) is 0 Å².